The zero-order chi connectivity index (χ0) is 14.9. The molecule has 1 amide bonds. The van der Waals surface area contributed by atoms with Gasteiger partial charge in [-0.05, 0) is 32.3 Å². The summed E-state index contributed by atoms with van der Waals surface area (Å²) in [4.78, 5) is 33.5. The van der Waals surface area contributed by atoms with Crippen molar-refractivity contribution in [3.8, 4) is 0 Å². The molecule has 0 atom stereocenters. The summed E-state index contributed by atoms with van der Waals surface area (Å²) >= 11 is 0. The lowest BCUT2D eigenvalue weighted by Gasteiger charge is -2.38. The average molecular weight is 278 g/mol. The number of amides is 1. The minimum atomic E-state index is -1.23. The van der Waals surface area contributed by atoms with Crippen molar-refractivity contribution >= 4 is 17.6 Å². The van der Waals surface area contributed by atoms with Gasteiger partial charge in [-0.15, -0.1) is 0 Å². The summed E-state index contributed by atoms with van der Waals surface area (Å²) in [5, 5.41) is 22.5. The zero-order valence-corrected chi connectivity index (χ0v) is 10.9. The third kappa shape index (κ3) is 2.34. The maximum absolute atomic E-state index is 12.0. The van der Waals surface area contributed by atoms with Crippen LogP contribution < -0.4 is 5.32 Å². The van der Waals surface area contributed by atoms with E-state index in [9.17, 15) is 19.7 Å². The maximum atomic E-state index is 12.0. The van der Waals surface area contributed by atoms with Crippen molar-refractivity contribution in [1.29, 1.82) is 0 Å². The van der Waals surface area contributed by atoms with E-state index in [1.165, 1.54) is 18.2 Å². The first-order chi connectivity index (χ1) is 9.35. The molecule has 1 aliphatic carbocycles. The van der Waals surface area contributed by atoms with E-state index in [2.05, 4.69) is 5.32 Å². The van der Waals surface area contributed by atoms with E-state index in [0.717, 1.165) is 6.42 Å². The molecule has 0 aromatic heterocycles. The van der Waals surface area contributed by atoms with Crippen molar-refractivity contribution in [2.75, 3.05) is 0 Å². The Labute approximate surface area is 114 Å². The van der Waals surface area contributed by atoms with Crippen LogP contribution in [0.25, 0.3) is 0 Å². The summed E-state index contributed by atoms with van der Waals surface area (Å²) in [6.45, 7) is 1.57. The molecule has 2 rings (SSSR count). The van der Waals surface area contributed by atoms with Gasteiger partial charge in [-0.3, -0.25) is 14.9 Å². The van der Waals surface area contributed by atoms with E-state index in [1.807, 2.05) is 0 Å². The van der Waals surface area contributed by atoms with E-state index < -0.39 is 22.3 Å². The molecule has 7 heteroatoms. The molecular formula is C13H14N2O5. The van der Waals surface area contributed by atoms with Crippen LogP contribution in [0.1, 0.15) is 35.2 Å². The number of aliphatic carboxylic acids is 1. The van der Waals surface area contributed by atoms with Crippen LogP contribution in [-0.4, -0.2) is 27.4 Å². The molecule has 0 bridgehead atoms. The number of nitrogens with one attached hydrogen (secondary N) is 1. The lowest BCUT2D eigenvalue weighted by molar-refractivity contribution is -0.385. The molecule has 0 radical (unpaired) electrons. The van der Waals surface area contributed by atoms with Gasteiger partial charge in [0.1, 0.15) is 5.54 Å². The second-order valence-corrected chi connectivity index (χ2v) is 4.95. The van der Waals surface area contributed by atoms with Crippen LogP contribution in [0.15, 0.2) is 18.2 Å². The minimum Gasteiger partial charge on any atom is -0.480 e. The van der Waals surface area contributed by atoms with Crippen LogP contribution in [0.4, 0.5) is 5.69 Å². The molecule has 1 saturated carbocycles. The largest absolute Gasteiger partial charge is 0.480 e. The highest BCUT2D eigenvalue weighted by Gasteiger charge is 2.45. The fraction of sp³-hybridized carbons (Fsp3) is 0.385. The fourth-order valence-electron chi connectivity index (χ4n) is 2.16. The number of carboxylic acids is 1. The summed E-state index contributed by atoms with van der Waals surface area (Å²) < 4.78 is 0. The van der Waals surface area contributed by atoms with Crippen LogP contribution in [0.3, 0.4) is 0 Å². The zero-order valence-electron chi connectivity index (χ0n) is 10.9. The smallest absolute Gasteiger partial charge is 0.329 e. The van der Waals surface area contributed by atoms with Gasteiger partial charge in [0.05, 0.1) is 4.92 Å². The molecule has 7 nitrogen and oxygen atoms in total. The molecule has 1 aromatic rings. The Morgan fingerprint density at radius 1 is 1.40 bits per heavy atom. The second-order valence-electron chi connectivity index (χ2n) is 4.95. The first kappa shape index (κ1) is 14.0. The van der Waals surface area contributed by atoms with E-state index in [1.54, 1.807) is 6.92 Å². The quantitative estimate of drug-likeness (QED) is 0.642. The molecule has 20 heavy (non-hydrogen) atoms. The Hall–Kier alpha value is -2.44. The molecule has 0 saturated heterocycles. The van der Waals surface area contributed by atoms with Crippen LogP contribution in [0, 0.1) is 17.0 Å². The monoisotopic (exact) mass is 278 g/mol. The Bertz CT molecular complexity index is 592. The third-order valence-electron chi connectivity index (χ3n) is 3.64. The molecule has 1 aromatic carbocycles. The van der Waals surface area contributed by atoms with Gasteiger partial charge >= 0.3 is 5.97 Å². The summed E-state index contributed by atoms with van der Waals surface area (Å²) in [6, 6.07) is 4.09. The number of benzene rings is 1. The van der Waals surface area contributed by atoms with Crippen molar-refractivity contribution in [2.45, 2.75) is 31.7 Å². The Kier molecular flexibility index (Phi) is 3.44. The van der Waals surface area contributed by atoms with Gasteiger partial charge in [0, 0.05) is 17.2 Å². The molecular weight excluding hydrogens is 264 g/mol. The topological polar surface area (TPSA) is 110 Å². The number of carbonyl (C=O) groups is 2. The normalized spacial score (nSPS) is 16.1. The van der Waals surface area contributed by atoms with E-state index in [-0.39, 0.29) is 11.3 Å². The van der Waals surface area contributed by atoms with Crippen molar-refractivity contribution in [1.82, 2.24) is 5.32 Å². The van der Waals surface area contributed by atoms with Crippen LogP contribution in [0.2, 0.25) is 0 Å². The summed E-state index contributed by atoms with van der Waals surface area (Å²) in [7, 11) is 0. The minimum absolute atomic E-state index is 0.0924. The number of nitro benzene ring substituents is 1. The predicted octanol–water partition coefficient (Wildman–Crippen LogP) is 1.64. The first-order valence-corrected chi connectivity index (χ1v) is 6.17. The second kappa shape index (κ2) is 4.92. The van der Waals surface area contributed by atoms with E-state index >= 15 is 0 Å². The third-order valence-corrected chi connectivity index (χ3v) is 3.64. The molecule has 106 valence electrons. The molecule has 2 N–H and O–H groups in total. The standard InChI is InChI=1S/C13H14N2O5/c1-8-3-4-9(7-10(8)15(19)20)11(16)14-13(12(17)18)5-2-6-13/h3-4,7H,2,5-6H2,1H3,(H,14,16)(H,17,18). The highest BCUT2D eigenvalue weighted by molar-refractivity contribution is 5.98. The Morgan fingerprint density at radius 2 is 2.05 bits per heavy atom. The van der Waals surface area contributed by atoms with Gasteiger partial charge < -0.3 is 10.4 Å². The fourth-order valence-corrected chi connectivity index (χ4v) is 2.16. The first-order valence-electron chi connectivity index (χ1n) is 6.17. The van der Waals surface area contributed by atoms with Crippen molar-refractivity contribution < 1.29 is 19.6 Å². The van der Waals surface area contributed by atoms with Crippen molar-refractivity contribution in [3.63, 3.8) is 0 Å². The van der Waals surface area contributed by atoms with Gasteiger partial charge in [0.15, 0.2) is 0 Å². The molecule has 1 fully saturated rings. The van der Waals surface area contributed by atoms with E-state index in [0.29, 0.717) is 18.4 Å². The van der Waals surface area contributed by atoms with Gasteiger partial charge in [0.2, 0.25) is 0 Å². The average Bonchev–Trinajstić information content (AvgIpc) is 2.33. The number of aryl methyl sites for hydroxylation is 1. The van der Waals surface area contributed by atoms with Crippen LogP contribution in [-0.2, 0) is 4.79 Å². The lowest BCUT2D eigenvalue weighted by atomic mass is 9.76. The summed E-state index contributed by atoms with van der Waals surface area (Å²) in [5.41, 5.74) is -0.842. The number of nitro groups is 1. The lowest BCUT2D eigenvalue weighted by Crippen LogP contribution is -2.59. The van der Waals surface area contributed by atoms with Gasteiger partial charge in [-0.25, -0.2) is 4.79 Å². The SMILES string of the molecule is Cc1ccc(C(=O)NC2(C(=O)O)CCC2)cc1[N+](=O)[O-]. The molecule has 0 unspecified atom stereocenters. The van der Waals surface area contributed by atoms with Crippen molar-refractivity contribution in [2.24, 2.45) is 0 Å². The number of hydrogen-bond acceptors (Lipinski definition) is 4. The number of nitrogens with zero attached hydrogens (tertiary/aromatic N) is 1. The molecule has 0 spiro atoms. The highest BCUT2D eigenvalue weighted by Crippen LogP contribution is 2.32. The number of carboxylic acid groups (broad SMARTS) is 1. The van der Waals surface area contributed by atoms with Crippen molar-refractivity contribution in [3.05, 3.63) is 39.4 Å². The number of hydrogen-bond donors (Lipinski definition) is 2. The number of rotatable bonds is 4. The Morgan fingerprint density at radius 3 is 2.50 bits per heavy atom. The molecule has 0 aliphatic heterocycles. The molecule has 0 heterocycles. The molecule has 1 aliphatic rings. The highest BCUT2D eigenvalue weighted by atomic mass is 16.6. The van der Waals surface area contributed by atoms with E-state index in [4.69, 9.17) is 5.11 Å². The summed E-state index contributed by atoms with van der Waals surface area (Å²) in [6.07, 6.45) is 1.49. The summed E-state index contributed by atoms with van der Waals surface area (Å²) in [5.74, 6) is -1.67. The maximum Gasteiger partial charge on any atom is 0.329 e. The number of carbonyl (C=O) groups excluding carboxylic acids is 1. The predicted molar refractivity (Wildman–Crippen MR) is 69.5 cm³/mol. The van der Waals surface area contributed by atoms with Gasteiger partial charge in [0.25, 0.3) is 11.6 Å². The van der Waals surface area contributed by atoms with Gasteiger partial charge in [-0.1, -0.05) is 6.07 Å². The van der Waals surface area contributed by atoms with Gasteiger partial charge in [-0.2, -0.15) is 0 Å². The van der Waals surface area contributed by atoms with Crippen LogP contribution >= 0.6 is 0 Å². The van der Waals surface area contributed by atoms with Crippen LogP contribution in [0.5, 0.6) is 0 Å². The Balaban J connectivity index is 2.24.